The van der Waals surface area contributed by atoms with Crippen molar-refractivity contribution in [2.75, 3.05) is 41.7 Å². The molecule has 0 radical (unpaired) electrons. The Bertz CT molecular complexity index is 1270. The number of rotatable bonds is 9. The van der Waals surface area contributed by atoms with Gasteiger partial charge in [-0.05, 0) is 25.2 Å². The van der Waals surface area contributed by atoms with Crippen molar-refractivity contribution in [2.45, 2.75) is 32.5 Å². The van der Waals surface area contributed by atoms with E-state index in [1.165, 1.54) is 23.0 Å². The van der Waals surface area contributed by atoms with Gasteiger partial charge in [0.2, 0.25) is 11.8 Å². The van der Waals surface area contributed by atoms with Crippen LogP contribution in [0.2, 0.25) is 0 Å². The molecule has 4 rings (SSSR count). The van der Waals surface area contributed by atoms with Crippen LogP contribution in [-0.2, 0) is 11.8 Å². The first kappa shape index (κ1) is 26.1. The lowest BCUT2D eigenvalue weighted by molar-refractivity contribution is -0.117. The van der Waals surface area contributed by atoms with E-state index in [4.69, 9.17) is 4.42 Å². The van der Waals surface area contributed by atoms with Gasteiger partial charge >= 0.3 is 6.18 Å². The lowest BCUT2D eigenvalue weighted by atomic mass is 10.2. The molecule has 0 aromatic carbocycles. The Morgan fingerprint density at radius 2 is 2.05 bits per heavy atom. The molecule has 1 aliphatic heterocycles. The Hall–Kier alpha value is -3.94. The Balaban J connectivity index is 1.48. The van der Waals surface area contributed by atoms with E-state index in [9.17, 15) is 22.8 Å². The molecular weight excluding hydrogens is 493 g/mol. The summed E-state index contributed by atoms with van der Waals surface area (Å²) in [5, 5.41) is 9.30. The van der Waals surface area contributed by atoms with Gasteiger partial charge in [0.25, 0.3) is 5.91 Å². The van der Waals surface area contributed by atoms with Crippen molar-refractivity contribution in [3.05, 3.63) is 36.5 Å². The van der Waals surface area contributed by atoms with Gasteiger partial charge in [0.15, 0.2) is 11.5 Å². The van der Waals surface area contributed by atoms with Crippen molar-refractivity contribution in [3.8, 4) is 11.5 Å². The van der Waals surface area contributed by atoms with E-state index in [0.717, 1.165) is 19.4 Å². The van der Waals surface area contributed by atoms with Crippen LogP contribution in [0.25, 0.3) is 11.5 Å². The Kier molecular flexibility index (Phi) is 7.47. The van der Waals surface area contributed by atoms with Crippen LogP contribution in [-0.4, -0.2) is 74.9 Å². The molecule has 37 heavy (non-hydrogen) atoms. The standard InChI is InChI=1S/C23H27F3N8O3/c1-4-33(5-2)15-9-19(35)34(10-15)20-16(11-32(3)31-20)29-21(36)17-12-37-22(30-17)14-6-7-27-18(8-14)28-13-23(24,25)26/h6-8,11-12,15H,4-5,9-10,13H2,1-3H3,(H,27,28)(H,29,36)/t15-/m0/s1. The van der Waals surface area contributed by atoms with Crippen LogP contribution in [0.4, 0.5) is 30.5 Å². The number of nitrogens with zero attached hydrogens (tertiary/aromatic N) is 6. The number of halogens is 3. The second kappa shape index (κ2) is 10.6. The van der Waals surface area contributed by atoms with Crippen LogP contribution < -0.4 is 15.5 Å². The van der Waals surface area contributed by atoms with Gasteiger partial charge in [-0.3, -0.25) is 24.1 Å². The molecule has 0 spiro atoms. The normalized spacial score (nSPS) is 16.0. The van der Waals surface area contributed by atoms with Gasteiger partial charge < -0.3 is 15.1 Å². The van der Waals surface area contributed by atoms with Crippen LogP contribution in [0.5, 0.6) is 0 Å². The molecule has 1 saturated heterocycles. The number of hydrogen-bond acceptors (Lipinski definition) is 8. The molecule has 3 aromatic heterocycles. The van der Waals surface area contributed by atoms with Crippen LogP contribution in [0.1, 0.15) is 30.8 Å². The second-order valence-corrected chi connectivity index (χ2v) is 8.51. The van der Waals surface area contributed by atoms with Crippen molar-refractivity contribution in [2.24, 2.45) is 7.05 Å². The van der Waals surface area contributed by atoms with E-state index >= 15 is 0 Å². The molecule has 1 fully saturated rings. The first-order valence-corrected chi connectivity index (χ1v) is 11.7. The maximum absolute atomic E-state index is 12.9. The number of likely N-dealkylation sites (N-methyl/N-ethyl adjacent to an activating group) is 1. The smallest absolute Gasteiger partial charge is 0.405 e. The first-order chi connectivity index (χ1) is 17.6. The monoisotopic (exact) mass is 520 g/mol. The number of alkyl halides is 3. The van der Waals surface area contributed by atoms with Crippen molar-refractivity contribution >= 4 is 29.1 Å². The summed E-state index contributed by atoms with van der Waals surface area (Å²) in [6.07, 6.45) is 0.000537. The minimum Gasteiger partial charge on any atom is -0.444 e. The fourth-order valence-corrected chi connectivity index (χ4v) is 4.19. The minimum atomic E-state index is -4.40. The average Bonchev–Trinajstić information content (AvgIpc) is 3.57. The molecule has 11 nitrogen and oxygen atoms in total. The number of carbonyl (C=O) groups excluding carboxylic acids is 2. The molecule has 0 unspecified atom stereocenters. The highest BCUT2D eigenvalue weighted by atomic mass is 19.4. The maximum atomic E-state index is 12.9. The number of pyridine rings is 1. The molecule has 0 bridgehead atoms. The van der Waals surface area contributed by atoms with Gasteiger partial charge in [-0.1, -0.05) is 13.8 Å². The summed E-state index contributed by atoms with van der Waals surface area (Å²) in [5.41, 5.74) is 0.624. The zero-order valence-corrected chi connectivity index (χ0v) is 20.5. The summed E-state index contributed by atoms with van der Waals surface area (Å²) in [5.74, 6) is -0.319. The Morgan fingerprint density at radius 1 is 1.30 bits per heavy atom. The highest BCUT2D eigenvalue weighted by molar-refractivity contribution is 6.06. The van der Waals surface area contributed by atoms with Gasteiger partial charge in [0, 0.05) is 37.8 Å². The number of aryl methyl sites for hydroxylation is 1. The van der Waals surface area contributed by atoms with Gasteiger partial charge in [-0.15, -0.1) is 0 Å². The molecule has 1 aliphatic rings. The van der Waals surface area contributed by atoms with Gasteiger partial charge in [-0.2, -0.15) is 18.3 Å². The van der Waals surface area contributed by atoms with E-state index in [-0.39, 0.29) is 29.4 Å². The number of aromatic nitrogens is 4. The highest BCUT2D eigenvalue weighted by Gasteiger charge is 2.36. The molecule has 14 heteroatoms. The largest absolute Gasteiger partial charge is 0.444 e. The van der Waals surface area contributed by atoms with Crippen molar-refractivity contribution in [1.82, 2.24) is 24.6 Å². The van der Waals surface area contributed by atoms with E-state index in [1.807, 2.05) is 13.8 Å². The number of carbonyl (C=O) groups is 2. The molecule has 3 aromatic rings. The van der Waals surface area contributed by atoms with E-state index in [0.29, 0.717) is 30.0 Å². The van der Waals surface area contributed by atoms with Crippen molar-refractivity contribution < 1.29 is 27.2 Å². The van der Waals surface area contributed by atoms with Crippen LogP contribution in [0.15, 0.2) is 35.2 Å². The number of oxazole rings is 1. The molecular formula is C23H27F3N8O3. The zero-order valence-electron chi connectivity index (χ0n) is 20.5. The fourth-order valence-electron chi connectivity index (χ4n) is 4.19. The number of nitrogens with one attached hydrogen (secondary N) is 2. The number of anilines is 3. The number of amides is 2. The summed E-state index contributed by atoms with van der Waals surface area (Å²) < 4.78 is 44.3. The third-order valence-corrected chi connectivity index (χ3v) is 5.96. The molecule has 1 atom stereocenters. The van der Waals surface area contributed by atoms with Crippen LogP contribution in [0, 0.1) is 0 Å². The predicted molar refractivity (Wildman–Crippen MR) is 129 cm³/mol. The van der Waals surface area contributed by atoms with E-state index in [1.54, 1.807) is 18.1 Å². The second-order valence-electron chi connectivity index (χ2n) is 8.51. The molecule has 2 N–H and O–H groups in total. The zero-order chi connectivity index (χ0) is 26.7. The molecule has 0 saturated carbocycles. The summed E-state index contributed by atoms with van der Waals surface area (Å²) in [7, 11) is 1.68. The fraction of sp³-hybridized carbons (Fsp3) is 0.435. The summed E-state index contributed by atoms with van der Waals surface area (Å²) in [6.45, 7) is 4.94. The third-order valence-electron chi connectivity index (χ3n) is 5.96. The van der Waals surface area contributed by atoms with Gasteiger partial charge in [0.1, 0.15) is 24.3 Å². The van der Waals surface area contributed by atoms with Crippen molar-refractivity contribution in [1.29, 1.82) is 0 Å². The molecule has 4 heterocycles. The quantitative estimate of drug-likeness (QED) is 0.442. The average molecular weight is 521 g/mol. The summed E-state index contributed by atoms with van der Waals surface area (Å²) in [4.78, 5) is 37.5. The Morgan fingerprint density at radius 3 is 2.76 bits per heavy atom. The van der Waals surface area contributed by atoms with Crippen LogP contribution >= 0.6 is 0 Å². The van der Waals surface area contributed by atoms with E-state index in [2.05, 4.69) is 30.6 Å². The lowest BCUT2D eigenvalue weighted by Gasteiger charge is -2.25. The maximum Gasteiger partial charge on any atom is 0.405 e. The summed E-state index contributed by atoms with van der Waals surface area (Å²) >= 11 is 0. The highest BCUT2D eigenvalue weighted by Crippen LogP contribution is 2.30. The third kappa shape index (κ3) is 6.07. The lowest BCUT2D eigenvalue weighted by Crippen LogP contribution is -2.37. The molecule has 0 aliphatic carbocycles. The predicted octanol–water partition coefficient (Wildman–Crippen LogP) is 3.14. The summed E-state index contributed by atoms with van der Waals surface area (Å²) in [6, 6.07) is 2.89. The van der Waals surface area contributed by atoms with Gasteiger partial charge in [0.05, 0.1) is 6.20 Å². The molecule has 198 valence electrons. The van der Waals surface area contributed by atoms with Crippen molar-refractivity contribution in [3.63, 3.8) is 0 Å². The number of hydrogen-bond donors (Lipinski definition) is 2. The Labute approximate surface area is 210 Å². The topological polar surface area (TPSA) is 121 Å². The minimum absolute atomic E-state index is 0.0164. The van der Waals surface area contributed by atoms with Crippen LogP contribution in [0.3, 0.4) is 0 Å². The first-order valence-electron chi connectivity index (χ1n) is 11.7. The van der Waals surface area contributed by atoms with E-state index < -0.39 is 18.6 Å². The van der Waals surface area contributed by atoms with Gasteiger partial charge in [-0.25, -0.2) is 9.97 Å². The SMILES string of the molecule is CCN(CC)[C@H]1CC(=O)N(c2nn(C)cc2NC(=O)c2coc(-c3ccnc(NCC(F)(F)F)c3)n2)C1. The molecule has 2 amide bonds.